The normalized spacial score (nSPS) is 28.5. The number of β-amino-alcohol motifs (C(OH)–C–C–N with tert-alkyl or cyclic N) is 1. The van der Waals surface area contributed by atoms with Crippen LogP contribution < -0.4 is 5.32 Å². The number of aliphatic hydroxyl groups is 1. The third-order valence-electron chi connectivity index (χ3n) is 3.40. The van der Waals surface area contributed by atoms with E-state index in [0.29, 0.717) is 12.6 Å². The number of likely N-dealkylation sites (tertiary alicyclic amines) is 1. The molecule has 1 heterocycles. The molecule has 2 aliphatic rings. The molecule has 0 aromatic heterocycles. The topological polar surface area (TPSA) is 35.5 Å². The van der Waals surface area contributed by atoms with Crippen molar-refractivity contribution in [3.05, 3.63) is 0 Å². The van der Waals surface area contributed by atoms with Crippen molar-refractivity contribution in [1.29, 1.82) is 0 Å². The lowest BCUT2D eigenvalue weighted by molar-refractivity contribution is 0.182. The van der Waals surface area contributed by atoms with Crippen LogP contribution in [-0.2, 0) is 0 Å². The molecule has 3 nitrogen and oxygen atoms in total. The molecule has 0 bridgehead atoms. The predicted octanol–water partition coefficient (Wildman–Crippen LogP) is 0.443. The van der Waals surface area contributed by atoms with Gasteiger partial charge in [-0.25, -0.2) is 0 Å². The zero-order valence-corrected chi connectivity index (χ0v) is 8.91. The maximum atomic E-state index is 8.91. The van der Waals surface area contributed by atoms with Crippen LogP contribution in [-0.4, -0.2) is 48.8 Å². The number of hydrogen-bond acceptors (Lipinski definition) is 3. The SMILES string of the molecule is OCCN1CCCC1CNCC1CC1. The molecule has 2 N–H and O–H groups in total. The van der Waals surface area contributed by atoms with Gasteiger partial charge in [0.15, 0.2) is 0 Å². The Morgan fingerprint density at radius 2 is 2.07 bits per heavy atom. The number of hydrogen-bond donors (Lipinski definition) is 2. The Hall–Kier alpha value is -0.120. The van der Waals surface area contributed by atoms with E-state index in [1.807, 2.05) is 0 Å². The summed E-state index contributed by atoms with van der Waals surface area (Å²) in [6, 6.07) is 0.681. The monoisotopic (exact) mass is 198 g/mol. The van der Waals surface area contributed by atoms with Crippen LogP contribution in [0.4, 0.5) is 0 Å². The van der Waals surface area contributed by atoms with Crippen molar-refractivity contribution in [1.82, 2.24) is 10.2 Å². The second-order valence-electron chi connectivity index (χ2n) is 4.66. The second kappa shape index (κ2) is 5.10. The van der Waals surface area contributed by atoms with Crippen LogP contribution in [0.2, 0.25) is 0 Å². The highest BCUT2D eigenvalue weighted by Crippen LogP contribution is 2.27. The fourth-order valence-corrected chi connectivity index (χ4v) is 2.33. The van der Waals surface area contributed by atoms with E-state index in [1.54, 1.807) is 0 Å². The molecule has 82 valence electrons. The average molecular weight is 198 g/mol. The molecule has 0 radical (unpaired) electrons. The maximum absolute atomic E-state index is 8.91. The Kier molecular flexibility index (Phi) is 3.79. The van der Waals surface area contributed by atoms with Gasteiger partial charge < -0.3 is 10.4 Å². The summed E-state index contributed by atoms with van der Waals surface area (Å²) in [5, 5.41) is 12.5. The third-order valence-corrected chi connectivity index (χ3v) is 3.40. The van der Waals surface area contributed by atoms with Crippen LogP contribution in [0, 0.1) is 5.92 Å². The molecule has 2 fully saturated rings. The van der Waals surface area contributed by atoms with Gasteiger partial charge in [0.2, 0.25) is 0 Å². The van der Waals surface area contributed by atoms with E-state index in [9.17, 15) is 0 Å². The summed E-state index contributed by atoms with van der Waals surface area (Å²) in [7, 11) is 0. The quantitative estimate of drug-likeness (QED) is 0.650. The van der Waals surface area contributed by atoms with Gasteiger partial charge in [0.1, 0.15) is 0 Å². The first kappa shape index (κ1) is 10.4. The third kappa shape index (κ3) is 2.94. The molecule has 1 saturated carbocycles. The van der Waals surface area contributed by atoms with Gasteiger partial charge in [-0.15, -0.1) is 0 Å². The molecule has 14 heavy (non-hydrogen) atoms. The van der Waals surface area contributed by atoms with E-state index >= 15 is 0 Å². The lowest BCUT2D eigenvalue weighted by atomic mass is 10.2. The highest BCUT2D eigenvalue weighted by Gasteiger charge is 2.25. The molecule has 0 aromatic rings. The summed E-state index contributed by atoms with van der Waals surface area (Å²) < 4.78 is 0. The predicted molar refractivity (Wildman–Crippen MR) is 57.3 cm³/mol. The molecule has 0 amide bonds. The van der Waals surface area contributed by atoms with Crippen molar-refractivity contribution >= 4 is 0 Å². The van der Waals surface area contributed by atoms with Crippen molar-refractivity contribution in [3.8, 4) is 0 Å². The fraction of sp³-hybridized carbons (Fsp3) is 1.00. The maximum Gasteiger partial charge on any atom is 0.0558 e. The lowest BCUT2D eigenvalue weighted by Crippen LogP contribution is -2.39. The summed E-state index contributed by atoms with van der Waals surface area (Å²) in [6.45, 7) is 4.67. The van der Waals surface area contributed by atoms with Crippen LogP contribution in [0.15, 0.2) is 0 Å². The minimum absolute atomic E-state index is 0.305. The molecule has 2 rings (SSSR count). The summed E-state index contributed by atoms with van der Waals surface area (Å²) in [5.41, 5.74) is 0. The van der Waals surface area contributed by atoms with Crippen LogP contribution in [0.1, 0.15) is 25.7 Å². The van der Waals surface area contributed by atoms with Crippen molar-refractivity contribution in [2.45, 2.75) is 31.7 Å². The van der Waals surface area contributed by atoms with E-state index in [2.05, 4.69) is 10.2 Å². The summed E-state index contributed by atoms with van der Waals surface area (Å²) in [5.74, 6) is 0.975. The van der Waals surface area contributed by atoms with Gasteiger partial charge in [-0.05, 0) is 44.7 Å². The van der Waals surface area contributed by atoms with Gasteiger partial charge in [-0.3, -0.25) is 4.90 Å². The second-order valence-corrected chi connectivity index (χ2v) is 4.66. The van der Waals surface area contributed by atoms with Gasteiger partial charge in [0.25, 0.3) is 0 Å². The van der Waals surface area contributed by atoms with Crippen LogP contribution in [0.3, 0.4) is 0 Å². The first-order valence-electron chi connectivity index (χ1n) is 5.96. The Labute approximate surface area is 86.5 Å². The molecule has 1 unspecified atom stereocenters. The zero-order chi connectivity index (χ0) is 9.80. The first-order chi connectivity index (χ1) is 6.90. The zero-order valence-electron chi connectivity index (χ0n) is 8.91. The first-order valence-corrected chi connectivity index (χ1v) is 5.96. The van der Waals surface area contributed by atoms with E-state index in [4.69, 9.17) is 5.11 Å². The number of rotatable bonds is 6. The van der Waals surface area contributed by atoms with Gasteiger partial charge in [0, 0.05) is 19.1 Å². The minimum atomic E-state index is 0.305. The van der Waals surface area contributed by atoms with Crippen LogP contribution in [0.25, 0.3) is 0 Å². The largest absolute Gasteiger partial charge is 0.395 e. The van der Waals surface area contributed by atoms with E-state index in [0.717, 1.165) is 19.0 Å². The van der Waals surface area contributed by atoms with E-state index < -0.39 is 0 Å². The van der Waals surface area contributed by atoms with E-state index in [1.165, 1.54) is 38.8 Å². The average Bonchev–Trinajstić information content (AvgIpc) is 2.89. The minimum Gasteiger partial charge on any atom is -0.395 e. The Balaban J connectivity index is 1.61. The molecule has 1 atom stereocenters. The van der Waals surface area contributed by atoms with Crippen molar-refractivity contribution in [2.75, 3.05) is 32.8 Å². The Morgan fingerprint density at radius 1 is 1.21 bits per heavy atom. The van der Waals surface area contributed by atoms with Crippen molar-refractivity contribution in [2.24, 2.45) is 5.92 Å². The van der Waals surface area contributed by atoms with Gasteiger partial charge in [-0.2, -0.15) is 0 Å². The Bertz CT molecular complexity index is 171. The molecule has 0 aromatic carbocycles. The van der Waals surface area contributed by atoms with Crippen molar-refractivity contribution < 1.29 is 5.11 Å². The van der Waals surface area contributed by atoms with Crippen molar-refractivity contribution in [3.63, 3.8) is 0 Å². The lowest BCUT2D eigenvalue weighted by Gasteiger charge is -2.23. The number of nitrogens with zero attached hydrogens (tertiary/aromatic N) is 1. The standard InChI is InChI=1S/C11H22N2O/c14-7-6-13-5-1-2-11(13)9-12-8-10-3-4-10/h10-12,14H,1-9H2. The molecule has 1 aliphatic heterocycles. The smallest absolute Gasteiger partial charge is 0.0558 e. The summed E-state index contributed by atoms with van der Waals surface area (Å²) in [4.78, 5) is 2.42. The number of nitrogens with one attached hydrogen (secondary N) is 1. The molecule has 1 aliphatic carbocycles. The molecule has 3 heteroatoms. The summed E-state index contributed by atoms with van der Waals surface area (Å²) in [6.07, 6.45) is 5.46. The van der Waals surface area contributed by atoms with Crippen LogP contribution >= 0.6 is 0 Å². The Morgan fingerprint density at radius 3 is 2.79 bits per heavy atom. The highest BCUT2D eigenvalue weighted by molar-refractivity contribution is 4.82. The molecule has 0 spiro atoms. The molecule has 1 saturated heterocycles. The molecular formula is C11H22N2O. The van der Waals surface area contributed by atoms with Gasteiger partial charge in [-0.1, -0.05) is 0 Å². The highest BCUT2D eigenvalue weighted by atomic mass is 16.3. The van der Waals surface area contributed by atoms with Crippen LogP contribution in [0.5, 0.6) is 0 Å². The molecular weight excluding hydrogens is 176 g/mol. The van der Waals surface area contributed by atoms with Gasteiger partial charge >= 0.3 is 0 Å². The number of aliphatic hydroxyl groups excluding tert-OH is 1. The summed E-state index contributed by atoms with van der Waals surface area (Å²) >= 11 is 0. The van der Waals surface area contributed by atoms with Gasteiger partial charge in [0.05, 0.1) is 6.61 Å². The van der Waals surface area contributed by atoms with E-state index in [-0.39, 0.29) is 0 Å². The fourth-order valence-electron chi connectivity index (χ4n) is 2.33.